The lowest BCUT2D eigenvalue weighted by Crippen LogP contribution is -2.29. The van der Waals surface area contributed by atoms with Crippen LogP contribution in [-0.2, 0) is 0 Å². The molecular formula is C10H10NO3-. The van der Waals surface area contributed by atoms with Crippen molar-refractivity contribution in [1.29, 1.82) is 0 Å². The molecule has 1 aromatic rings. The second kappa shape index (κ2) is 3.21. The molecule has 0 bridgehead atoms. The van der Waals surface area contributed by atoms with Crippen LogP contribution in [0.4, 0.5) is 5.69 Å². The van der Waals surface area contributed by atoms with Gasteiger partial charge in [0.25, 0.3) is 0 Å². The zero-order chi connectivity index (χ0) is 10.1. The second-order valence-corrected chi connectivity index (χ2v) is 3.24. The molecule has 0 radical (unpaired) electrons. The molecular weight excluding hydrogens is 182 g/mol. The number of carbonyl (C=O) groups excluding carboxylic acids is 1. The molecule has 0 unspecified atom stereocenters. The Hall–Kier alpha value is -1.71. The molecule has 0 atom stereocenters. The van der Waals surface area contributed by atoms with Crippen LogP contribution in [0.3, 0.4) is 0 Å². The van der Waals surface area contributed by atoms with E-state index in [2.05, 4.69) is 0 Å². The van der Waals surface area contributed by atoms with Crippen molar-refractivity contribution in [2.24, 2.45) is 0 Å². The van der Waals surface area contributed by atoms with E-state index in [1.807, 2.05) is 11.9 Å². The molecule has 14 heavy (non-hydrogen) atoms. The van der Waals surface area contributed by atoms with Crippen molar-refractivity contribution >= 4 is 11.7 Å². The van der Waals surface area contributed by atoms with Crippen molar-refractivity contribution in [1.82, 2.24) is 0 Å². The van der Waals surface area contributed by atoms with Gasteiger partial charge in [0.1, 0.15) is 12.4 Å². The third-order valence-corrected chi connectivity index (χ3v) is 2.29. The molecule has 0 spiro atoms. The van der Waals surface area contributed by atoms with Crippen LogP contribution >= 0.6 is 0 Å². The molecule has 0 saturated heterocycles. The number of hydrogen-bond acceptors (Lipinski definition) is 4. The maximum absolute atomic E-state index is 10.6. The molecule has 2 rings (SSSR count). The lowest BCUT2D eigenvalue weighted by Gasteiger charge is -2.28. The summed E-state index contributed by atoms with van der Waals surface area (Å²) in [5.41, 5.74) is 1.07. The number of likely N-dealkylation sites (N-methyl/N-ethyl adjacent to an activating group) is 1. The minimum atomic E-state index is -1.18. The lowest BCUT2D eigenvalue weighted by atomic mass is 10.1. The van der Waals surface area contributed by atoms with Gasteiger partial charge in [0.2, 0.25) is 0 Å². The fourth-order valence-corrected chi connectivity index (χ4v) is 1.49. The fourth-order valence-electron chi connectivity index (χ4n) is 1.49. The van der Waals surface area contributed by atoms with Crippen molar-refractivity contribution in [3.05, 3.63) is 23.8 Å². The smallest absolute Gasteiger partial charge is 0.143 e. The van der Waals surface area contributed by atoms with Crippen LogP contribution in [0.25, 0.3) is 0 Å². The molecule has 0 saturated carbocycles. The summed E-state index contributed by atoms with van der Waals surface area (Å²) in [4.78, 5) is 12.6. The van der Waals surface area contributed by atoms with E-state index in [9.17, 15) is 9.90 Å². The quantitative estimate of drug-likeness (QED) is 0.622. The number of carboxylic acids is 1. The third-order valence-electron chi connectivity index (χ3n) is 2.29. The predicted octanol–water partition coefficient (Wildman–Crippen LogP) is -0.121. The number of hydrogen-bond donors (Lipinski definition) is 0. The molecule has 1 aromatic carbocycles. The van der Waals surface area contributed by atoms with Gasteiger partial charge in [-0.3, -0.25) is 0 Å². The Bertz CT molecular complexity index is 376. The molecule has 4 heteroatoms. The zero-order valence-electron chi connectivity index (χ0n) is 7.82. The van der Waals surface area contributed by atoms with Gasteiger partial charge in [0, 0.05) is 12.6 Å². The molecule has 0 amide bonds. The minimum Gasteiger partial charge on any atom is -0.545 e. The average molecular weight is 192 g/mol. The first-order valence-corrected chi connectivity index (χ1v) is 4.38. The van der Waals surface area contributed by atoms with Crippen LogP contribution in [-0.4, -0.2) is 26.2 Å². The van der Waals surface area contributed by atoms with Crippen molar-refractivity contribution in [2.75, 3.05) is 25.1 Å². The largest absolute Gasteiger partial charge is 0.545 e. The number of aromatic carboxylic acids is 1. The summed E-state index contributed by atoms with van der Waals surface area (Å²) in [6.07, 6.45) is 0. The number of carboxylic acid groups (broad SMARTS) is 1. The van der Waals surface area contributed by atoms with Gasteiger partial charge in [-0.15, -0.1) is 0 Å². The van der Waals surface area contributed by atoms with E-state index in [1.165, 1.54) is 12.1 Å². The van der Waals surface area contributed by atoms with Crippen LogP contribution in [0.15, 0.2) is 18.2 Å². The molecule has 1 heterocycles. The average Bonchev–Trinajstić information content (AvgIpc) is 2.17. The van der Waals surface area contributed by atoms with Gasteiger partial charge < -0.3 is 19.5 Å². The van der Waals surface area contributed by atoms with Crippen molar-refractivity contribution in [3.63, 3.8) is 0 Å². The number of anilines is 1. The first-order chi connectivity index (χ1) is 6.68. The Balaban J connectivity index is 2.44. The number of nitrogens with zero attached hydrogens (tertiary/aromatic N) is 1. The van der Waals surface area contributed by atoms with E-state index in [-0.39, 0.29) is 5.56 Å². The standard InChI is InChI=1S/C10H11NO3/c1-11-4-5-14-9-6-7(10(12)13)2-3-8(9)11/h2-3,6H,4-5H2,1H3,(H,12,13)/p-1. The second-order valence-electron chi connectivity index (χ2n) is 3.24. The lowest BCUT2D eigenvalue weighted by molar-refractivity contribution is -0.255. The van der Waals surface area contributed by atoms with Gasteiger partial charge in [0.15, 0.2) is 0 Å². The summed E-state index contributed by atoms with van der Waals surface area (Å²) in [5, 5.41) is 10.6. The summed E-state index contributed by atoms with van der Waals surface area (Å²) in [6, 6.07) is 4.76. The van der Waals surface area contributed by atoms with Gasteiger partial charge >= 0.3 is 0 Å². The highest BCUT2D eigenvalue weighted by molar-refractivity contribution is 5.87. The Morgan fingerprint density at radius 2 is 2.36 bits per heavy atom. The summed E-state index contributed by atoms with van der Waals surface area (Å²) in [7, 11) is 1.94. The molecule has 4 nitrogen and oxygen atoms in total. The highest BCUT2D eigenvalue weighted by atomic mass is 16.5. The number of rotatable bonds is 1. The molecule has 1 aliphatic rings. The van der Waals surface area contributed by atoms with Crippen LogP contribution in [0, 0.1) is 0 Å². The third kappa shape index (κ3) is 1.39. The van der Waals surface area contributed by atoms with Crippen LogP contribution in [0.2, 0.25) is 0 Å². The first-order valence-electron chi connectivity index (χ1n) is 4.38. The van der Waals surface area contributed by atoms with Crippen LogP contribution < -0.4 is 14.7 Å². The normalized spacial score (nSPS) is 14.5. The monoisotopic (exact) mass is 192 g/mol. The molecule has 0 N–H and O–H groups in total. The highest BCUT2D eigenvalue weighted by Gasteiger charge is 2.14. The maximum atomic E-state index is 10.6. The SMILES string of the molecule is CN1CCOc2cc(C(=O)[O-])ccc21. The van der Waals surface area contributed by atoms with Crippen LogP contribution in [0.1, 0.15) is 10.4 Å². The number of fused-ring (bicyclic) bond motifs is 1. The maximum Gasteiger partial charge on any atom is 0.143 e. The van der Waals surface area contributed by atoms with E-state index in [0.717, 1.165) is 12.2 Å². The Kier molecular flexibility index (Phi) is 2.04. The van der Waals surface area contributed by atoms with Crippen LogP contribution in [0.5, 0.6) is 5.75 Å². The van der Waals surface area contributed by atoms with Gasteiger partial charge in [-0.1, -0.05) is 6.07 Å². The summed E-state index contributed by atoms with van der Waals surface area (Å²) < 4.78 is 5.35. The van der Waals surface area contributed by atoms with E-state index in [0.29, 0.717) is 12.4 Å². The van der Waals surface area contributed by atoms with Gasteiger partial charge in [0.05, 0.1) is 18.2 Å². The van der Waals surface area contributed by atoms with E-state index < -0.39 is 5.97 Å². The fraction of sp³-hybridized carbons (Fsp3) is 0.300. The Morgan fingerprint density at radius 1 is 1.57 bits per heavy atom. The van der Waals surface area contributed by atoms with E-state index >= 15 is 0 Å². The zero-order valence-corrected chi connectivity index (χ0v) is 7.82. The predicted molar refractivity (Wildman–Crippen MR) is 49.5 cm³/mol. The molecule has 0 fully saturated rings. The number of carbonyl (C=O) groups is 1. The van der Waals surface area contributed by atoms with Gasteiger partial charge in [-0.2, -0.15) is 0 Å². The summed E-state index contributed by atoms with van der Waals surface area (Å²) >= 11 is 0. The molecule has 74 valence electrons. The number of ether oxygens (including phenoxy) is 1. The minimum absolute atomic E-state index is 0.152. The summed E-state index contributed by atoms with van der Waals surface area (Å²) in [6.45, 7) is 1.40. The van der Waals surface area contributed by atoms with Crippen molar-refractivity contribution < 1.29 is 14.6 Å². The van der Waals surface area contributed by atoms with Crippen molar-refractivity contribution in [2.45, 2.75) is 0 Å². The van der Waals surface area contributed by atoms with Gasteiger partial charge in [-0.25, -0.2) is 0 Å². The highest BCUT2D eigenvalue weighted by Crippen LogP contribution is 2.31. The van der Waals surface area contributed by atoms with E-state index in [1.54, 1.807) is 6.07 Å². The van der Waals surface area contributed by atoms with Crippen molar-refractivity contribution in [3.8, 4) is 5.75 Å². The first kappa shape index (κ1) is 8.87. The van der Waals surface area contributed by atoms with E-state index in [4.69, 9.17) is 4.74 Å². The Labute approximate surface area is 81.7 Å². The molecule has 0 aliphatic carbocycles. The van der Waals surface area contributed by atoms with Gasteiger partial charge in [-0.05, 0) is 12.1 Å². The molecule has 0 aromatic heterocycles. The molecule has 1 aliphatic heterocycles. The Morgan fingerprint density at radius 3 is 3.07 bits per heavy atom. The topological polar surface area (TPSA) is 52.6 Å². The summed E-state index contributed by atoms with van der Waals surface area (Å²) in [5.74, 6) is -0.565. The number of benzene rings is 1.